The minimum Gasteiger partial charge on any atom is -0.208 e. The van der Waals surface area contributed by atoms with Gasteiger partial charge < -0.3 is 0 Å². The molecule has 8 bridgehead atoms. The molecule has 3 aromatic carbocycles. The van der Waals surface area contributed by atoms with Crippen molar-refractivity contribution in [1.29, 1.82) is 10.5 Å². The normalized spacial score (nSPS) is 33.8. The van der Waals surface area contributed by atoms with Gasteiger partial charge in [0.2, 0.25) is 0 Å². The first kappa shape index (κ1) is 28.6. The number of aromatic nitrogens is 3. The average Bonchev–Trinajstić information content (AvgIpc) is 3.10. The first-order valence-corrected chi connectivity index (χ1v) is 18.4. The van der Waals surface area contributed by atoms with Gasteiger partial charge in [0.25, 0.3) is 0 Å². The van der Waals surface area contributed by atoms with Crippen LogP contribution < -0.4 is 0 Å². The molecule has 0 unspecified atom stereocenters. The SMILES string of the molecule is N#Cc1cc(C#N)cc(-c2nc(-c3ccc(C45CC6CC(CC(C6)C4)C5)cc3)nc(-c3cccc(C45CC6CC(CC(C6)C4)C5)c3)n2)c1. The second-order valence-electron chi connectivity index (χ2n) is 16.9. The molecular formula is C43H41N5. The van der Waals surface area contributed by atoms with E-state index in [1.807, 2.05) is 0 Å². The highest BCUT2D eigenvalue weighted by molar-refractivity contribution is 5.69. The van der Waals surface area contributed by atoms with Crippen molar-refractivity contribution in [2.75, 3.05) is 0 Å². The Morgan fingerprint density at radius 2 is 0.896 bits per heavy atom. The molecule has 12 rings (SSSR count). The molecule has 0 N–H and O–H groups in total. The summed E-state index contributed by atoms with van der Waals surface area (Å²) in [7, 11) is 0. The highest BCUT2D eigenvalue weighted by atomic mass is 15.0. The van der Waals surface area contributed by atoms with Crippen LogP contribution in [0.1, 0.15) is 99.3 Å². The number of benzene rings is 3. The summed E-state index contributed by atoms with van der Waals surface area (Å²) < 4.78 is 0. The molecule has 4 aromatic rings. The van der Waals surface area contributed by atoms with Crippen LogP contribution in [0.15, 0.2) is 66.7 Å². The highest BCUT2D eigenvalue weighted by Gasteiger charge is 2.52. The van der Waals surface area contributed by atoms with Gasteiger partial charge in [-0.2, -0.15) is 10.5 Å². The van der Waals surface area contributed by atoms with Crippen molar-refractivity contribution >= 4 is 0 Å². The molecular weight excluding hydrogens is 587 g/mol. The van der Waals surface area contributed by atoms with Crippen molar-refractivity contribution in [3.05, 3.63) is 89.0 Å². The van der Waals surface area contributed by atoms with Crippen molar-refractivity contribution < 1.29 is 0 Å². The minimum absolute atomic E-state index is 0.277. The van der Waals surface area contributed by atoms with Gasteiger partial charge in [0, 0.05) is 16.7 Å². The summed E-state index contributed by atoms with van der Waals surface area (Å²) in [6.45, 7) is 0. The van der Waals surface area contributed by atoms with Crippen molar-refractivity contribution in [2.24, 2.45) is 35.5 Å². The summed E-state index contributed by atoms with van der Waals surface area (Å²) in [5.74, 6) is 7.11. The zero-order chi connectivity index (χ0) is 32.0. The first-order valence-electron chi connectivity index (χ1n) is 18.4. The maximum absolute atomic E-state index is 9.74. The molecule has 1 aromatic heterocycles. The van der Waals surface area contributed by atoms with E-state index in [9.17, 15) is 10.5 Å². The van der Waals surface area contributed by atoms with E-state index >= 15 is 0 Å². The predicted molar refractivity (Wildman–Crippen MR) is 185 cm³/mol. The van der Waals surface area contributed by atoms with Gasteiger partial charge in [-0.05, 0) is 159 Å². The molecule has 0 saturated heterocycles. The van der Waals surface area contributed by atoms with Crippen LogP contribution >= 0.6 is 0 Å². The number of hydrogen-bond acceptors (Lipinski definition) is 5. The molecule has 5 nitrogen and oxygen atoms in total. The van der Waals surface area contributed by atoms with Gasteiger partial charge in [-0.15, -0.1) is 0 Å². The van der Waals surface area contributed by atoms with Gasteiger partial charge in [-0.3, -0.25) is 0 Å². The van der Waals surface area contributed by atoms with Crippen LogP contribution in [0, 0.1) is 58.2 Å². The molecule has 0 aliphatic heterocycles. The molecule has 0 spiro atoms. The Bertz CT molecular complexity index is 1920. The van der Waals surface area contributed by atoms with Crippen molar-refractivity contribution in [2.45, 2.75) is 87.9 Å². The minimum atomic E-state index is 0.277. The van der Waals surface area contributed by atoms with E-state index in [2.05, 4.69) is 60.7 Å². The Balaban J connectivity index is 1.06. The summed E-state index contributed by atoms with van der Waals surface area (Å²) in [5, 5.41) is 19.5. The second-order valence-corrected chi connectivity index (χ2v) is 16.9. The van der Waals surface area contributed by atoms with Gasteiger partial charge in [0.15, 0.2) is 17.5 Å². The molecule has 8 saturated carbocycles. The third-order valence-corrected chi connectivity index (χ3v) is 13.6. The van der Waals surface area contributed by atoms with E-state index < -0.39 is 0 Å². The zero-order valence-corrected chi connectivity index (χ0v) is 27.5. The average molecular weight is 628 g/mol. The topological polar surface area (TPSA) is 86.2 Å². The lowest BCUT2D eigenvalue weighted by Gasteiger charge is -2.57. The van der Waals surface area contributed by atoms with Crippen molar-refractivity contribution in [1.82, 2.24) is 15.0 Å². The highest BCUT2D eigenvalue weighted by Crippen LogP contribution is 2.62. The summed E-state index contributed by atoms with van der Waals surface area (Å²) in [6, 6.07) is 27.8. The van der Waals surface area contributed by atoms with E-state index in [1.54, 1.807) is 18.2 Å². The fraction of sp³-hybridized carbons (Fsp3) is 0.465. The fourth-order valence-electron chi connectivity index (χ4n) is 12.5. The van der Waals surface area contributed by atoms with Crippen LogP contribution in [0.25, 0.3) is 34.2 Å². The third kappa shape index (κ3) is 4.65. The number of hydrogen-bond donors (Lipinski definition) is 0. The Labute approximate surface area is 283 Å². The lowest BCUT2D eigenvalue weighted by atomic mass is 9.48. The third-order valence-electron chi connectivity index (χ3n) is 13.6. The molecule has 8 fully saturated rings. The molecule has 1 heterocycles. The molecule has 238 valence electrons. The molecule has 0 atom stereocenters. The van der Waals surface area contributed by atoms with Gasteiger partial charge in [-0.1, -0.05) is 42.5 Å². The smallest absolute Gasteiger partial charge is 0.164 e. The number of nitrogens with zero attached hydrogens (tertiary/aromatic N) is 5. The van der Waals surface area contributed by atoms with Crippen LogP contribution in [0.5, 0.6) is 0 Å². The van der Waals surface area contributed by atoms with Gasteiger partial charge >= 0.3 is 0 Å². The molecule has 48 heavy (non-hydrogen) atoms. The summed E-state index contributed by atoms with van der Waals surface area (Å²) in [5.41, 5.74) is 7.05. The van der Waals surface area contributed by atoms with Crippen LogP contribution in [-0.4, -0.2) is 15.0 Å². The van der Waals surface area contributed by atoms with Crippen molar-refractivity contribution in [3.8, 4) is 46.3 Å². The van der Waals surface area contributed by atoms with E-state index in [0.29, 0.717) is 39.6 Å². The van der Waals surface area contributed by atoms with E-state index in [4.69, 9.17) is 15.0 Å². The van der Waals surface area contributed by atoms with Crippen LogP contribution in [0.2, 0.25) is 0 Å². The van der Waals surface area contributed by atoms with Gasteiger partial charge in [0.1, 0.15) is 0 Å². The Kier molecular flexibility index (Phi) is 6.31. The van der Waals surface area contributed by atoms with Crippen LogP contribution in [0.4, 0.5) is 0 Å². The van der Waals surface area contributed by atoms with E-state index in [-0.39, 0.29) is 5.41 Å². The lowest BCUT2D eigenvalue weighted by Crippen LogP contribution is -2.48. The van der Waals surface area contributed by atoms with Crippen LogP contribution in [-0.2, 0) is 10.8 Å². The summed E-state index contributed by atoms with van der Waals surface area (Å²) in [4.78, 5) is 15.2. The standard InChI is InChI=1S/C43H41N5/c44-24-32-14-33(25-45)16-36(15-32)41-47-39(34-4-6-37(7-5-34)42-18-26-8-27(19-42)10-28(9-26)20-42)46-40(48-41)35-2-1-3-38(17-35)43-21-29-11-30(22-43)13-31(12-29)23-43/h1-7,14-17,26-31H,8-13,18-23H2. The predicted octanol–water partition coefficient (Wildman–Crippen LogP) is 9.55. The van der Waals surface area contributed by atoms with Crippen LogP contribution in [0.3, 0.4) is 0 Å². The number of rotatable bonds is 5. The summed E-state index contributed by atoms with van der Waals surface area (Å²) in [6.07, 6.45) is 16.6. The molecule has 0 amide bonds. The largest absolute Gasteiger partial charge is 0.208 e. The summed E-state index contributed by atoms with van der Waals surface area (Å²) >= 11 is 0. The zero-order valence-electron chi connectivity index (χ0n) is 27.5. The quantitative estimate of drug-likeness (QED) is 0.220. The van der Waals surface area contributed by atoms with E-state index in [1.165, 1.54) is 88.2 Å². The monoisotopic (exact) mass is 627 g/mol. The Morgan fingerprint density at radius 1 is 0.458 bits per heavy atom. The molecule has 0 radical (unpaired) electrons. The van der Waals surface area contributed by atoms with Gasteiger partial charge in [0.05, 0.1) is 23.3 Å². The maximum atomic E-state index is 9.74. The first-order chi connectivity index (χ1) is 23.4. The Morgan fingerprint density at radius 3 is 1.38 bits per heavy atom. The fourth-order valence-corrected chi connectivity index (χ4v) is 12.5. The second kappa shape index (κ2) is 10.6. The molecule has 8 aliphatic carbocycles. The lowest BCUT2D eigenvalue weighted by molar-refractivity contribution is -0.00529. The number of nitriles is 2. The van der Waals surface area contributed by atoms with Crippen molar-refractivity contribution in [3.63, 3.8) is 0 Å². The molecule has 8 aliphatic rings. The molecule has 5 heteroatoms. The maximum Gasteiger partial charge on any atom is 0.164 e. The van der Waals surface area contributed by atoms with Gasteiger partial charge in [-0.25, -0.2) is 15.0 Å². The van der Waals surface area contributed by atoms with E-state index in [0.717, 1.165) is 46.6 Å². The Hall–Kier alpha value is -4.35.